The zero-order valence-electron chi connectivity index (χ0n) is 11.4. The highest BCUT2D eigenvalue weighted by molar-refractivity contribution is 6.20. The summed E-state index contributed by atoms with van der Waals surface area (Å²) >= 11 is 0. The van der Waals surface area contributed by atoms with Gasteiger partial charge in [0.2, 0.25) is 6.29 Å². The van der Waals surface area contributed by atoms with E-state index in [2.05, 4.69) is 15.4 Å². The summed E-state index contributed by atoms with van der Waals surface area (Å²) in [5, 5.41) is 14.3. The van der Waals surface area contributed by atoms with Crippen molar-refractivity contribution in [2.45, 2.75) is 19.3 Å². The normalized spacial score (nSPS) is 10.2. The first-order chi connectivity index (χ1) is 9.66. The summed E-state index contributed by atoms with van der Waals surface area (Å²) < 4.78 is 9.75. The second-order valence-electron chi connectivity index (χ2n) is 3.94. The number of carbonyl (C=O) groups excluding carboxylic acids is 2. The zero-order valence-corrected chi connectivity index (χ0v) is 11.4. The number of carboxylic acid groups (broad SMARTS) is 1. The van der Waals surface area contributed by atoms with Gasteiger partial charge in [-0.15, -0.1) is 0 Å². The third-order valence-electron chi connectivity index (χ3n) is 2.25. The largest absolute Gasteiger partial charge is 0.481 e. The number of rotatable bonds is 14. The maximum atomic E-state index is 10.4. The van der Waals surface area contributed by atoms with Gasteiger partial charge in [0.25, 0.3) is 0 Å². The van der Waals surface area contributed by atoms with Crippen LogP contribution in [0.15, 0.2) is 0 Å². The molecule has 0 aliphatic carbocycles. The highest BCUT2D eigenvalue weighted by Crippen LogP contribution is 1.92. The number of aldehydes is 1. The Morgan fingerprint density at radius 1 is 1.05 bits per heavy atom. The monoisotopic (exact) mass is 290 g/mol. The number of nitrogens with one attached hydrogen (secondary N) is 2. The number of unbranched alkanes of at least 4 members (excludes halogenated alkanes) is 1. The van der Waals surface area contributed by atoms with Crippen LogP contribution in [0.1, 0.15) is 19.3 Å². The van der Waals surface area contributed by atoms with Gasteiger partial charge in [-0.3, -0.25) is 14.9 Å². The molecule has 8 heteroatoms. The third-order valence-corrected chi connectivity index (χ3v) is 2.25. The van der Waals surface area contributed by atoms with Crippen LogP contribution in [-0.4, -0.2) is 62.9 Å². The molecule has 0 aliphatic rings. The average Bonchev–Trinajstić information content (AvgIpc) is 2.43. The Kier molecular flexibility index (Phi) is 12.9. The Morgan fingerprint density at radius 3 is 2.40 bits per heavy atom. The molecule has 8 nitrogen and oxygen atoms in total. The molecule has 0 atom stereocenters. The van der Waals surface area contributed by atoms with Gasteiger partial charge in [-0.05, 0) is 19.4 Å². The molecular formula is C12H22N2O6. The second kappa shape index (κ2) is 13.9. The van der Waals surface area contributed by atoms with Crippen molar-refractivity contribution in [3.63, 3.8) is 0 Å². The summed E-state index contributed by atoms with van der Waals surface area (Å²) in [5.74, 6) is -1.66. The molecule has 0 radical (unpaired) electrons. The molecule has 0 heterocycles. The average molecular weight is 290 g/mol. The highest BCUT2D eigenvalue weighted by atomic mass is 16.5. The van der Waals surface area contributed by atoms with Crippen LogP contribution in [-0.2, 0) is 23.9 Å². The van der Waals surface area contributed by atoms with Crippen LogP contribution in [0.4, 0.5) is 0 Å². The first-order valence-electron chi connectivity index (χ1n) is 6.49. The Balaban J connectivity index is 3.04. The van der Waals surface area contributed by atoms with Crippen molar-refractivity contribution in [2.24, 2.45) is 0 Å². The van der Waals surface area contributed by atoms with Gasteiger partial charge in [0, 0.05) is 19.5 Å². The van der Waals surface area contributed by atoms with E-state index in [9.17, 15) is 14.4 Å². The van der Waals surface area contributed by atoms with Gasteiger partial charge < -0.3 is 19.9 Å². The van der Waals surface area contributed by atoms with Crippen LogP contribution >= 0.6 is 0 Å². The van der Waals surface area contributed by atoms with Gasteiger partial charge in [0.1, 0.15) is 6.73 Å². The van der Waals surface area contributed by atoms with E-state index in [1.807, 2.05) is 0 Å². The van der Waals surface area contributed by atoms with E-state index < -0.39 is 11.9 Å². The van der Waals surface area contributed by atoms with Crippen LogP contribution in [0.25, 0.3) is 0 Å². The number of ether oxygens (including phenoxy) is 2. The Hall–Kier alpha value is -1.51. The van der Waals surface area contributed by atoms with Gasteiger partial charge in [-0.2, -0.15) is 0 Å². The van der Waals surface area contributed by atoms with Crippen LogP contribution in [0, 0.1) is 0 Å². The van der Waals surface area contributed by atoms with E-state index in [1.165, 1.54) is 0 Å². The van der Waals surface area contributed by atoms with E-state index in [4.69, 9.17) is 9.84 Å². The van der Waals surface area contributed by atoms with E-state index >= 15 is 0 Å². The maximum Gasteiger partial charge on any atom is 0.372 e. The SMILES string of the molecule is O=CC(=O)OCNCCOCCNCCCCC(=O)O. The molecule has 0 bridgehead atoms. The summed E-state index contributed by atoms with van der Waals surface area (Å²) in [6.07, 6.45) is 1.82. The fourth-order valence-electron chi connectivity index (χ4n) is 1.27. The molecular weight excluding hydrogens is 268 g/mol. The molecule has 0 aromatic carbocycles. The summed E-state index contributed by atoms with van der Waals surface area (Å²) in [6.45, 7) is 3.01. The third kappa shape index (κ3) is 14.6. The number of carboxylic acids is 1. The van der Waals surface area contributed by atoms with Crippen molar-refractivity contribution < 1.29 is 29.0 Å². The first-order valence-corrected chi connectivity index (χ1v) is 6.49. The Labute approximate surface area is 117 Å². The smallest absolute Gasteiger partial charge is 0.372 e. The van der Waals surface area contributed by atoms with Crippen molar-refractivity contribution in [3.8, 4) is 0 Å². The van der Waals surface area contributed by atoms with Crippen molar-refractivity contribution in [1.29, 1.82) is 0 Å². The van der Waals surface area contributed by atoms with Gasteiger partial charge in [0.15, 0.2) is 0 Å². The van der Waals surface area contributed by atoms with Crippen LogP contribution in [0.5, 0.6) is 0 Å². The molecule has 0 amide bonds. The lowest BCUT2D eigenvalue weighted by Gasteiger charge is -2.07. The summed E-state index contributed by atoms with van der Waals surface area (Å²) in [6, 6.07) is 0. The first kappa shape index (κ1) is 18.5. The molecule has 116 valence electrons. The zero-order chi connectivity index (χ0) is 15.1. The Bertz CT molecular complexity index is 285. The van der Waals surface area contributed by atoms with Crippen molar-refractivity contribution >= 4 is 18.2 Å². The number of hydrogen-bond donors (Lipinski definition) is 3. The predicted octanol–water partition coefficient (Wildman–Crippen LogP) is -0.863. The van der Waals surface area contributed by atoms with Crippen LogP contribution < -0.4 is 10.6 Å². The maximum absolute atomic E-state index is 10.4. The van der Waals surface area contributed by atoms with E-state index in [-0.39, 0.29) is 19.4 Å². The van der Waals surface area contributed by atoms with Crippen molar-refractivity contribution in [2.75, 3.05) is 39.6 Å². The van der Waals surface area contributed by atoms with Crippen molar-refractivity contribution in [3.05, 3.63) is 0 Å². The fraction of sp³-hybridized carbons (Fsp3) is 0.750. The summed E-state index contributed by atoms with van der Waals surface area (Å²) in [5.41, 5.74) is 0. The van der Waals surface area contributed by atoms with Crippen molar-refractivity contribution in [1.82, 2.24) is 10.6 Å². The highest BCUT2D eigenvalue weighted by Gasteiger charge is 1.97. The summed E-state index contributed by atoms with van der Waals surface area (Å²) in [4.78, 5) is 30.6. The molecule has 0 fully saturated rings. The van der Waals surface area contributed by atoms with Crippen LogP contribution in [0.3, 0.4) is 0 Å². The number of esters is 1. The minimum atomic E-state index is -0.898. The number of carbonyl (C=O) groups is 3. The lowest BCUT2D eigenvalue weighted by atomic mass is 10.2. The molecule has 0 saturated carbocycles. The van der Waals surface area contributed by atoms with Crippen LogP contribution in [0.2, 0.25) is 0 Å². The molecule has 0 aromatic rings. The summed E-state index contributed by atoms with van der Waals surface area (Å²) in [7, 11) is 0. The molecule has 0 aromatic heterocycles. The van der Waals surface area contributed by atoms with Gasteiger partial charge in [-0.25, -0.2) is 4.79 Å². The van der Waals surface area contributed by atoms with Gasteiger partial charge >= 0.3 is 11.9 Å². The Morgan fingerprint density at radius 2 is 1.75 bits per heavy atom. The molecule has 0 unspecified atom stereocenters. The number of aliphatic carboxylic acids is 1. The molecule has 0 saturated heterocycles. The lowest BCUT2D eigenvalue weighted by molar-refractivity contribution is -0.149. The quantitative estimate of drug-likeness (QED) is 0.124. The number of hydrogen-bond acceptors (Lipinski definition) is 7. The lowest BCUT2D eigenvalue weighted by Crippen LogP contribution is -2.26. The molecule has 0 spiro atoms. The predicted molar refractivity (Wildman–Crippen MR) is 70.2 cm³/mol. The molecule has 0 rings (SSSR count). The van der Waals surface area contributed by atoms with E-state index in [0.717, 1.165) is 13.0 Å². The minimum Gasteiger partial charge on any atom is -0.481 e. The topological polar surface area (TPSA) is 114 Å². The van der Waals surface area contributed by atoms with Gasteiger partial charge in [-0.1, -0.05) is 0 Å². The molecule has 3 N–H and O–H groups in total. The second-order valence-corrected chi connectivity index (χ2v) is 3.94. The van der Waals surface area contributed by atoms with Gasteiger partial charge in [0.05, 0.1) is 13.2 Å². The minimum absolute atomic E-state index is 0.0112. The van der Waals surface area contributed by atoms with E-state index in [1.54, 1.807) is 0 Å². The molecule has 0 aliphatic heterocycles. The fourth-order valence-corrected chi connectivity index (χ4v) is 1.27. The standard InChI is InChI=1S/C12H22N2O6/c15-9-12(18)20-10-14-6-8-19-7-5-13-4-2-1-3-11(16)17/h9,13-14H,1-8,10H2,(H,16,17). The molecule has 20 heavy (non-hydrogen) atoms. The van der Waals surface area contributed by atoms with E-state index in [0.29, 0.717) is 32.7 Å².